The number of hydrogen-bond acceptors (Lipinski definition) is 2. The molecule has 0 aliphatic rings. The molecule has 1 amide bonds. The van der Waals surface area contributed by atoms with Crippen LogP contribution < -0.4 is 10.9 Å². The zero-order chi connectivity index (χ0) is 14.7. The summed E-state index contributed by atoms with van der Waals surface area (Å²) < 4.78 is 12.8. The van der Waals surface area contributed by atoms with Crippen LogP contribution in [0.1, 0.15) is 24.2 Å². The van der Waals surface area contributed by atoms with Crippen molar-refractivity contribution in [1.82, 2.24) is 10.3 Å². The van der Waals surface area contributed by atoms with Gasteiger partial charge < -0.3 is 10.3 Å². The van der Waals surface area contributed by atoms with Crippen LogP contribution in [0.2, 0.25) is 0 Å². The van der Waals surface area contributed by atoms with Crippen molar-refractivity contribution < 1.29 is 9.18 Å². The highest BCUT2D eigenvalue weighted by atomic mass is 19.1. The lowest BCUT2D eigenvalue weighted by molar-refractivity contribution is 0.0941. The second-order valence-electron chi connectivity index (χ2n) is 4.75. The molecule has 0 saturated heterocycles. The largest absolute Gasteiger partial charge is 0.350 e. The minimum Gasteiger partial charge on any atom is -0.350 e. The molecule has 0 saturated carbocycles. The number of halogens is 1. The molecule has 0 radical (unpaired) electrons. The van der Waals surface area contributed by atoms with Crippen LogP contribution in [0, 0.1) is 5.82 Å². The van der Waals surface area contributed by atoms with E-state index < -0.39 is 11.5 Å². The van der Waals surface area contributed by atoms with Crippen LogP contribution in [0.25, 0.3) is 11.3 Å². The first-order valence-electron chi connectivity index (χ1n) is 6.27. The van der Waals surface area contributed by atoms with Gasteiger partial charge in [0.2, 0.25) is 0 Å². The van der Waals surface area contributed by atoms with Crippen LogP contribution in [-0.4, -0.2) is 16.9 Å². The maximum absolute atomic E-state index is 12.8. The van der Waals surface area contributed by atoms with E-state index in [1.807, 2.05) is 13.8 Å². The Balaban J connectivity index is 2.32. The van der Waals surface area contributed by atoms with Crippen molar-refractivity contribution in [3.05, 3.63) is 58.1 Å². The van der Waals surface area contributed by atoms with Gasteiger partial charge in [-0.25, -0.2) is 4.39 Å². The number of aromatic nitrogens is 1. The summed E-state index contributed by atoms with van der Waals surface area (Å²) in [5.74, 6) is -0.754. The van der Waals surface area contributed by atoms with E-state index >= 15 is 0 Å². The van der Waals surface area contributed by atoms with Gasteiger partial charge in [0.15, 0.2) is 0 Å². The lowest BCUT2D eigenvalue weighted by Gasteiger charge is -2.08. The van der Waals surface area contributed by atoms with E-state index in [9.17, 15) is 14.0 Å². The quantitative estimate of drug-likeness (QED) is 0.902. The maximum atomic E-state index is 12.8. The van der Waals surface area contributed by atoms with Crippen molar-refractivity contribution in [2.24, 2.45) is 0 Å². The van der Waals surface area contributed by atoms with Crippen LogP contribution in [0.15, 0.2) is 41.2 Å². The summed E-state index contributed by atoms with van der Waals surface area (Å²) in [5.41, 5.74) is 0.810. The molecule has 0 atom stereocenters. The molecule has 0 fully saturated rings. The van der Waals surface area contributed by atoms with Gasteiger partial charge in [-0.3, -0.25) is 9.59 Å². The highest BCUT2D eigenvalue weighted by molar-refractivity contribution is 5.94. The third kappa shape index (κ3) is 3.12. The Labute approximate surface area is 115 Å². The summed E-state index contributed by atoms with van der Waals surface area (Å²) in [4.78, 5) is 26.3. The third-order valence-electron chi connectivity index (χ3n) is 2.73. The Bertz CT molecular complexity index is 675. The van der Waals surface area contributed by atoms with Gasteiger partial charge >= 0.3 is 0 Å². The van der Waals surface area contributed by atoms with Gasteiger partial charge in [-0.05, 0) is 55.8 Å². The lowest BCUT2D eigenvalue weighted by atomic mass is 10.1. The first-order chi connectivity index (χ1) is 9.47. The van der Waals surface area contributed by atoms with E-state index in [2.05, 4.69) is 10.3 Å². The van der Waals surface area contributed by atoms with Gasteiger partial charge in [-0.1, -0.05) is 0 Å². The molecule has 2 N–H and O–H groups in total. The molecule has 0 spiro atoms. The number of H-pyrrole nitrogens is 1. The molecule has 0 aliphatic carbocycles. The molecule has 5 heteroatoms. The van der Waals surface area contributed by atoms with E-state index in [4.69, 9.17) is 0 Å². The highest BCUT2D eigenvalue weighted by Crippen LogP contribution is 2.16. The third-order valence-corrected chi connectivity index (χ3v) is 2.73. The smallest absolute Gasteiger partial charge is 0.261 e. The van der Waals surface area contributed by atoms with Crippen LogP contribution >= 0.6 is 0 Å². The van der Waals surface area contributed by atoms with Crippen molar-refractivity contribution in [2.75, 3.05) is 0 Å². The average molecular weight is 274 g/mol. The number of nitrogens with one attached hydrogen (secondary N) is 2. The number of carbonyl (C=O) groups is 1. The minimum absolute atomic E-state index is 0.0429. The Hall–Kier alpha value is -2.43. The standard InChI is InChI=1S/C15H15FN2O2/c1-9(2)17-14(19)12-7-8-13(18-15(12)20)10-3-5-11(16)6-4-10/h3-9H,1-2H3,(H,17,19)(H,18,20). The van der Waals surface area contributed by atoms with Gasteiger partial charge in [-0.15, -0.1) is 0 Å². The Morgan fingerprint density at radius 1 is 1.15 bits per heavy atom. The number of pyridine rings is 1. The predicted molar refractivity (Wildman–Crippen MR) is 75.1 cm³/mol. The molecule has 1 heterocycles. The van der Waals surface area contributed by atoms with Gasteiger partial charge in [0.05, 0.1) is 0 Å². The summed E-state index contributed by atoms with van der Waals surface area (Å²) in [6.45, 7) is 3.64. The summed E-state index contributed by atoms with van der Waals surface area (Å²) in [6.07, 6.45) is 0. The fraction of sp³-hybridized carbons (Fsp3) is 0.200. The molecule has 0 unspecified atom stereocenters. The molecule has 20 heavy (non-hydrogen) atoms. The summed E-state index contributed by atoms with van der Waals surface area (Å²) in [5, 5.41) is 2.66. The number of amides is 1. The summed E-state index contributed by atoms with van der Waals surface area (Å²) >= 11 is 0. The van der Waals surface area contributed by atoms with Crippen molar-refractivity contribution in [1.29, 1.82) is 0 Å². The Kier molecular flexibility index (Phi) is 3.98. The molecule has 0 bridgehead atoms. The summed E-state index contributed by atoms with van der Waals surface area (Å²) in [7, 11) is 0. The van der Waals surface area contributed by atoms with Crippen LogP contribution in [0.5, 0.6) is 0 Å². The highest BCUT2D eigenvalue weighted by Gasteiger charge is 2.12. The fourth-order valence-electron chi connectivity index (χ4n) is 1.79. The van der Waals surface area contributed by atoms with Crippen LogP contribution in [-0.2, 0) is 0 Å². The fourth-order valence-corrected chi connectivity index (χ4v) is 1.79. The molecular weight excluding hydrogens is 259 g/mol. The van der Waals surface area contributed by atoms with Gasteiger partial charge in [0.1, 0.15) is 11.4 Å². The Morgan fingerprint density at radius 2 is 1.80 bits per heavy atom. The van der Waals surface area contributed by atoms with E-state index in [1.165, 1.54) is 18.2 Å². The number of rotatable bonds is 3. The zero-order valence-electron chi connectivity index (χ0n) is 11.2. The average Bonchev–Trinajstić information content (AvgIpc) is 2.38. The van der Waals surface area contributed by atoms with Gasteiger partial charge in [0, 0.05) is 11.7 Å². The van der Waals surface area contributed by atoms with Crippen LogP contribution in [0.4, 0.5) is 4.39 Å². The maximum Gasteiger partial charge on any atom is 0.261 e. The second-order valence-corrected chi connectivity index (χ2v) is 4.75. The monoisotopic (exact) mass is 274 g/mol. The van der Waals surface area contributed by atoms with Crippen molar-refractivity contribution >= 4 is 5.91 Å². The lowest BCUT2D eigenvalue weighted by Crippen LogP contribution is -2.34. The van der Waals surface area contributed by atoms with E-state index in [-0.39, 0.29) is 17.4 Å². The molecule has 104 valence electrons. The van der Waals surface area contributed by atoms with E-state index in [0.29, 0.717) is 11.3 Å². The van der Waals surface area contributed by atoms with Crippen molar-refractivity contribution in [3.63, 3.8) is 0 Å². The van der Waals surface area contributed by atoms with E-state index in [0.717, 1.165) is 0 Å². The van der Waals surface area contributed by atoms with Crippen molar-refractivity contribution in [2.45, 2.75) is 19.9 Å². The minimum atomic E-state index is -0.468. The first-order valence-corrected chi connectivity index (χ1v) is 6.27. The molecule has 0 aliphatic heterocycles. The first kappa shape index (κ1) is 14.0. The molecule has 1 aromatic heterocycles. The second kappa shape index (κ2) is 5.69. The molecule has 1 aromatic carbocycles. The SMILES string of the molecule is CC(C)NC(=O)c1ccc(-c2ccc(F)cc2)[nH]c1=O. The normalized spacial score (nSPS) is 10.6. The topological polar surface area (TPSA) is 62.0 Å². The number of aromatic amines is 1. The molecule has 2 aromatic rings. The molecule has 4 nitrogen and oxygen atoms in total. The zero-order valence-corrected chi connectivity index (χ0v) is 11.2. The number of benzene rings is 1. The molecule has 2 rings (SSSR count). The molecular formula is C15H15FN2O2. The van der Waals surface area contributed by atoms with E-state index in [1.54, 1.807) is 18.2 Å². The van der Waals surface area contributed by atoms with Gasteiger partial charge in [-0.2, -0.15) is 0 Å². The van der Waals surface area contributed by atoms with Crippen molar-refractivity contribution in [3.8, 4) is 11.3 Å². The number of carbonyl (C=O) groups excluding carboxylic acids is 1. The van der Waals surface area contributed by atoms with Gasteiger partial charge in [0.25, 0.3) is 11.5 Å². The van der Waals surface area contributed by atoms with Crippen LogP contribution in [0.3, 0.4) is 0 Å². The Morgan fingerprint density at radius 3 is 2.35 bits per heavy atom. The number of hydrogen-bond donors (Lipinski definition) is 2. The predicted octanol–water partition coefficient (Wildman–Crippen LogP) is 2.32. The summed E-state index contributed by atoms with van der Waals surface area (Å²) in [6, 6.07) is 8.81.